The maximum absolute atomic E-state index is 12.1. The molecule has 0 fully saturated rings. The van der Waals surface area contributed by atoms with Crippen LogP contribution in [0.3, 0.4) is 0 Å². The summed E-state index contributed by atoms with van der Waals surface area (Å²) in [7, 11) is 0. The van der Waals surface area contributed by atoms with E-state index < -0.39 is 17.4 Å². The summed E-state index contributed by atoms with van der Waals surface area (Å²) >= 11 is 0. The molecule has 0 radical (unpaired) electrons. The third-order valence-electron chi connectivity index (χ3n) is 4.76. The van der Waals surface area contributed by atoms with Crippen molar-refractivity contribution in [1.29, 1.82) is 0 Å². The van der Waals surface area contributed by atoms with E-state index in [0.717, 1.165) is 11.1 Å². The molecule has 2 aromatic carbocycles. The number of carbonyl (C=O) groups excluding carboxylic acids is 2. The Kier molecular flexibility index (Phi) is 8.88. The minimum Gasteiger partial charge on any atom is -0.462 e. The second-order valence-electron chi connectivity index (χ2n) is 7.55. The lowest BCUT2D eigenvalue weighted by atomic mass is 9.77. The number of hydrogen-bond acceptors (Lipinski definition) is 6. The van der Waals surface area contributed by atoms with Crippen LogP contribution in [0, 0.1) is 5.41 Å². The Morgan fingerprint density at radius 1 is 0.742 bits per heavy atom. The van der Waals surface area contributed by atoms with Crippen LogP contribution in [0.5, 0.6) is 0 Å². The summed E-state index contributed by atoms with van der Waals surface area (Å²) in [5.74, 6) is -0.887. The number of esters is 2. The summed E-state index contributed by atoms with van der Waals surface area (Å²) in [4.78, 5) is 24.1. The van der Waals surface area contributed by atoms with E-state index in [-0.39, 0.29) is 13.2 Å². The number of carbonyl (C=O) groups is 2. The number of ether oxygens (including phenoxy) is 2. The normalized spacial score (nSPS) is 11.7. The summed E-state index contributed by atoms with van der Waals surface area (Å²) in [6.07, 6.45) is 7.01. The number of rotatable bonds is 10. The van der Waals surface area contributed by atoms with E-state index in [2.05, 4.69) is 0 Å². The van der Waals surface area contributed by atoms with Gasteiger partial charge in [-0.3, -0.25) is 0 Å². The molecule has 0 heterocycles. The molecule has 0 spiro atoms. The van der Waals surface area contributed by atoms with E-state index in [9.17, 15) is 9.59 Å². The topological polar surface area (TPSA) is 105 Å². The molecule has 0 aliphatic rings. The SMILES string of the molecule is CC=CC(=O)OCC(COC(=O)C=CC)(Cc1ccc(N)cc1)Cc1ccc(N)cc1. The number of nitrogens with two attached hydrogens (primary N) is 2. The van der Waals surface area contributed by atoms with Gasteiger partial charge in [0, 0.05) is 28.9 Å². The molecule has 164 valence electrons. The molecule has 0 saturated carbocycles. The first kappa shape index (κ1) is 23.7. The van der Waals surface area contributed by atoms with Crippen LogP contribution < -0.4 is 11.5 Å². The van der Waals surface area contributed by atoms with Crippen molar-refractivity contribution >= 4 is 23.3 Å². The molecule has 6 heteroatoms. The van der Waals surface area contributed by atoms with Crippen molar-refractivity contribution in [3.63, 3.8) is 0 Å². The van der Waals surface area contributed by atoms with Crippen LogP contribution in [0.4, 0.5) is 11.4 Å². The van der Waals surface area contributed by atoms with Gasteiger partial charge >= 0.3 is 11.9 Å². The largest absolute Gasteiger partial charge is 0.462 e. The number of hydrogen-bond donors (Lipinski definition) is 2. The Bertz CT molecular complexity index is 838. The fraction of sp³-hybridized carbons (Fsp3) is 0.280. The highest BCUT2D eigenvalue weighted by Crippen LogP contribution is 2.30. The molecular formula is C25H30N2O4. The van der Waals surface area contributed by atoms with Crippen molar-refractivity contribution in [1.82, 2.24) is 0 Å². The first-order chi connectivity index (χ1) is 14.9. The molecule has 4 N–H and O–H groups in total. The molecule has 6 nitrogen and oxygen atoms in total. The average molecular weight is 423 g/mol. The van der Waals surface area contributed by atoms with Crippen LogP contribution in [-0.2, 0) is 31.9 Å². The molecular weight excluding hydrogens is 392 g/mol. The Labute approximate surface area is 183 Å². The maximum atomic E-state index is 12.1. The molecule has 2 aromatic rings. The van der Waals surface area contributed by atoms with E-state index in [1.165, 1.54) is 12.2 Å². The van der Waals surface area contributed by atoms with Gasteiger partial charge in [-0.1, -0.05) is 36.4 Å². The van der Waals surface area contributed by atoms with Gasteiger partial charge in [0.15, 0.2) is 0 Å². The van der Waals surface area contributed by atoms with Crippen molar-refractivity contribution in [3.8, 4) is 0 Å². The van der Waals surface area contributed by atoms with Gasteiger partial charge in [-0.2, -0.15) is 0 Å². The fourth-order valence-electron chi connectivity index (χ4n) is 3.26. The van der Waals surface area contributed by atoms with Gasteiger partial charge in [0.1, 0.15) is 13.2 Å². The van der Waals surface area contributed by atoms with Crippen LogP contribution in [0.1, 0.15) is 25.0 Å². The fourth-order valence-corrected chi connectivity index (χ4v) is 3.26. The van der Waals surface area contributed by atoms with Crippen molar-refractivity contribution < 1.29 is 19.1 Å². The Morgan fingerprint density at radius 2 is 1.10 bits per heavy atom. The van der Waals surface area contributed by atoms with Crippen molar-refractivity contribution in [3.05, 3.63) is 84.0 Å². The number of benzene rings is 2. The van der Waals surface area contributed by atoms with Crippen LogP contribution in [0.25, 0.3) is 0 Å². The summed E-state index contributed by atoms with van der Waals surface area (Å²) < 4.78 is 11.1. The third kappa shape index (κ3) is 8.01. The summed E-state index contributed by atoms with van der Waals surface area (Å²) in [6, 6.07) is 15.0. The molecule has 2 rings (SSSR count). The number of nitrogen functional groups attached to an aromatic ring is 2. The van der Waals surface area contributed by atoms with E-state index in [4.69, 9.17) is 20.9 Å². The van der Waals surface area contributed by atoms with Gasteiger partial charge < -0.3 is 20.9 Å². The third-order valence-corrected chi connectivity index (χ3v) is 4.76. The smallest absolute Gasteiger partial charge is 0.330 e. The monoisotopic (exact) mass is 422 g/mol. The Morgan fingerprint density at radius 3 is 1.42 bits per heavy atom. The van der Waals surface area contributed by atoms with Crippen LogP contribution >= 0.6 is 0 Å². The molecule has 0 aromatic heterocycles. The molecule has 0 aliphatic carbocycles. The zero-order valence-electron chi connectivity index (χ0n) is 18.0. The highest BCUT2D eigenvalue weighted by molar-refractivity contribution is 5.82. The van der Waals surface area contributed by atoms with Crippen molar-refractivity contribution in [2.45, 2.75) is 26.7 Å². The highest BCUT2D eigenvalue weighted by atomic mass is 16.5. The van der Waals surface area contributed by atoms with Crippen molar-refractivity contribution in [2.24, 2.45) is 5.41 Å². The molecule has 31 heavy (non-hydrogen) atoms. The molecule has 0 unspecified atom stereocenters. The first-order valence-corrected chi connectivity index (χ1v) is 10.1. The van der Waals surface area contributed by atoms with Gasteiger partial charge in [0.05, 0.1) is 0 Å². The van der Waals surface area contributed by atoms with Gasteiger partial charge in [0.2, 0.25) is 0 Å². The average Bonchev–Trinajstić information content (AvgIpc) is 2.75. The minimum atomic E-state index is -0.680. The maximum Gasteiger partial charge on any atom is 0.330 e. The Hall–Kier alpha value is -3.54. The van der Waals surface area contributed by atoms with Gasteiger partial charge in [-0.25, -0.2) is 9.59 Å². The lowest BCUT2D eigenvalue weighted by molar-refractivity contribution is -0.148. The quantitative estimate of drug-likeness (QED) is 0.342. The molecule has 0 aliphatic heterocycles. The molecule has 0 amide bonds. The van der Waals surface area contributed by atoms with Crippen LogP contribution in [0.15, 0.2) is 72.8 Å². The number of anilines is 2. The summed E-state index contributed by atoms with van der Waals surface area (Å²) in [5, 5.41) is 0. The summed E-state index contributed by atoms with van der Waals surface area (Å²) in [5.41, 5.74) is 14.3. The molecule has 0 atom stereocenters. The zero-order chi connectivity index (χ0) is 22.7. The van der Waals surface area contributed by atoms with E-state index in [1.54, 1.807) is 26.0 Å². The summed E-state index contributed by atoms with van der Waals surface area (Å²) in [6.45, 7) is 3.65. The van der Waals surface area contributed by atoms with Crippen LogP contribution in [0.2, 0.25) is 0 Å². The Balaban J connectivity index is 2.38. The van der Waals surface area contributed by atoms with E-state index in [1.807, 2.05) is 48.5 Å². The van der Waals surface area contributed by atoms with Crippen molar-refractivity contribution in [2.75, 3.05) is 24.7 Å². The van der Waals surface area contributed by atoms with Gasteiger partial charge in [-0.15, -0.1) is 0 Å². The minimum absolute atomic E-state index is 0.0774. The van der Waals surface area contributed by atoms with E-state index >= 15 is 0 Å². The predicted octanol–water partition coefficient (Wildman–Crippen LogP) is 3.86. The predicted molar refractivity (Wildman–Crippen MR) is 123 cm³/mol. The molecule has 0 bridgehead atoms. The molecule has 0 saturated heterocycles. The first-order valence-electron chi connectivity index (χ1n) is 10.1. The van der Waals surface area contributed by atoms with Gasteiger partial charge in [0.25, 0.3) is 0 Å². The zero-order valence-corrected chi connectivity index (χ0v) is 18.0. The standard InChI is InChI=1S/C25H30N2O4/c1-3-5-23(28)30-17-25(18-31-24(29)6-4-2,15-19-7-11-21(26)12-8-19)16-20-9-13-22(27)14-10-20/h3-14H,15-18,26-27H2,1-2H3. The second-order valence-corrected chi connectivity index (χ2v) is 7.55. The number of allylic oxidation sites excluding steroid dienone is 2. The highest BCUT2D eigenvalue weighted by Gasteiger charge is 2.34. The lowest BCUT2D eigenvalue weighted by Crippen LogP contribution is -2.38. The van der Waals surface area contributed by atoms with Gasteiger partial charge in [-0.05, 0) is 62.1 Å². The van der Waals surface area contributed by atoms with E-state index in [0.29, 0.717) is 24.2 Å². The van der Waals surface area contributed by atoms with Crippen LogP contribution in [-0.4, -0.2) is 25.2 Å². The lowest BCUT2D eigenvalue weighted by Gasteiger charge is -2.33. The second kappa shape index (κ2) is 11.6.